The van der Waals surface area contributed by atoms with Gasteiger partial charge in [0.25, 0.3) is 5.91 Å². The summed E-state index contributed by atoms with van der Waals surface area (Å²) in [4.78, 5) is 21.3. The monoisotopic (exact) mass is 441 g/mol. The molecule has 0 spiro atoms. The highest BCUT2D eigenvalue weighted by atomic mass is 35.5. The van der Waals surface area contributed by atoms with Crippen LogP contribution in [0, 0.1) is 6.92 Å². The van der Waals surface area contributed by atoms with E-state index < -0.39 is 0 Å². The molecule has 0 saturated carbocycles. The maximum absolute atomic E-state index is 13.5. The van der Waals surface area contributed by atoms with Gasteiger partial charge in [-0.05, 0) is 38.3 Å². The fourth-order valence-corrected chi connectivity index (χ4v) is 4.35. The number of carbonyl (C=O) groups is 1. The predicted octanol–water partition coefficient (Wildman–Crippen LogP) is 3.67. The lowest BCUT2D eigenvalue weighted by molar-refractivity contribution is 0.0605. The summed E-state index contributed by atoms with van der Waals surface area (Å²) in [5.74, 6) is 0.0622. The van der Waals surface area contributed by atoms with Crippen molar-refractivity contribution in [1.29, 1.82) is 0 Å². The molecule has 1 fully saturated rings. The summed E-state index contributed by atoms with van der Waals surface area (Å²) < 4.78 is 1.77. The van der Waals surface area contributed by atoms with E-state index in [-0.39, 0.29) is 42.8 Å². The number of nitrogens with zero attached hydrogens (tertiary/aromatic N) is 4. The van der Waals surface area contributed by atoms with Gasteiger partial charge in [-0.15, -0.1) is 36.2 Å². The Morgan fingerprint density at radius 3 is 2.75 bits per heavy atom. The van der Waals surface area contributed by atoms with Crippen LogP contribution in [0.25, 0.3) is 21.6 Å². The van der Waals surface area contributed by atoms with Gasteiger partial charge in [0.05, 0.1) is 27.2 Å². The normalized spacial score (nSPS) is 19.2. The summed E-state index contributed by atoms with van der Waals surface area (Å²) >= 11 is 1.63. The number of fused-ring (bicyclic) bond motifs is 1. The smallest absolute Gasteiger partial charge is 0.255 e. The van der Waals surface area contributed by atoms with Gasteiger partial charge in [-0.2, -0.15) is 5.10 Å². The van der Waals surface area contributed by atoms with Gasteiger partial charge in [-0.1, -0.05) is 6.07 Å². The second-order valence-corrected chi connectivity index (χ2v) is 7.87. The van der Waals surface area contributed by atoms with Gasteiger partial charge in [0.2, 0.25) is 0 Å². The largest absolute Gasteiger partial charge is 0.333 e. The first-order valence-electron chi connectivity index (χ1n) is 8.90. The average Bonchev–Trinajstić information content (AvgIpc) is 3.25. The van der Waals surface area contributed by atoms with Crippen LogP contribution < -0.4 is 5.32 Å². The van der Waals surface area contributed by atoms with Crippen LogP contribution in [-0.4, -0.2) is 50.7 Å². The van der Waals surface area contributed by atoms with Gasteiger partial charge < -0.3 is 10.2 Å². The molecule has 28 heavy (non-hydrogen) atoms. The van der Waals surface area contributed by atoms with Crippen molar-refractivity contribution < 1.29 is 4.79 Å². The van der Waals surface area contributed by atoms with E-state index in [1.165, 1.54) is 0 Å². The van der Waals surface area contributed by atoms with Crippen molar-refractivity contribution in [2.75, 3.05) is 13.1 Å². The molecule has 1 N–H and O–H groups in total. The van der Waals surface area contributed by atoms with Gasteiger partial charge in [-0.25, -0.2) is 4.98 Å². The van der Waals surface area contributed by atoms with E-state index in [1.807, 2.05) is 42.5 Å². The topological polar surface area (TPSA) is 63.1 Å². The van der Waals surface area contributed by atoms with E-state index in [0.717, 1.165) is 33.8 Å². The molecule has 152 valence electrons. The van der Waals surface area contributed by atoms with Crippen molar-refractivity contribution in [3.8, 4) is 10.6 Å². The fraction of sp³-hybridized carbons (Fsp3) is 0.421. The van der Waals surface area contributed by atoms with E-state index in [9.17, 15) is 4.79 Å². The number of halogens is 2. The first kappa shape index (κ1) is 22.6. The van der Waals surface area contributed by atoms with Gasteiger partial charge in [0.15, 0.2) is 5.65 Å². The van der Waals surface area contributed by atoms with Gasteiger partial charge in [0.1, 0.15) is 0 Å². The van der Waals surface area contributed by atoms with Crippen molar-refractivity contribution in [2.24, 2.45) is 7.05 Å². The Bertz CT molecular complexity index is 973. The predicted molar refractivity (Wildman–Crippen MR) is 119 cm³/mol. The number of aryl methyl sites for hydroxylation is 2. The van der Waals surface area contributed by atoms with E-state index in [4.69, 9.17) is 4.98 Å². The lowest BCUT2D eigenvalue weighted by Crippen LogP contribution is -2.57. The lowest BCUT2D eigenvalue weighted by Gasteiger charge is -2.38. The third kappa shape index (κ3) is 3.76. The molecule has 1 aliphatic rings. The molecule has 9 heteroatoms. The number of carbonyl (C=O) groups excluding carboxylic acids is 1. The van der Waals surface area contributed by atoms with Crippen LogP contribution in [0.15, 0.2) is 23.6 Å². The van der Waals surface area contributed by atoms with Crippen LogP contribution in [0.4, 0.5) is 0 Å². The number of piperazine rings is 1. The molecule has 1 aliphatic heterocycles. The van der Waals surface area contributed by atoms with Gasteiger partial charge >= 0.3 is 0 Å². The van der Waals surface area contributed by atoms with Gasteiger partial charge in [0, 0.05) is 32.2 Å². The van der Waals surface area contributed by atoms with Crippen molar-refractivity contribution in [3.63, 3.8) is 0 Å². The highest BCUT2D eigenvalue weighted by Crippen LogP contribution is 2.30. The van der Waals surface area contributed by atoms with Crippen molar-refractivity contribution >= 4 is 53.1 Å². The molecule has 2 unspecified atom stereocenters. The molecule has 0 aromatic carbocycles. The molecule has 3 aromatic heterocycles. The summed E-state index contributed by atoms with van der Waals surface area (Å²) in [7, 11) is 1.88. The Kier molecular flexibility index (Phi) is 7.09. The first-order chi connectivity index (χ1) is 12.5. The number of aromatic nitrogens is 3. The Hall–Kier alpha value is -1.67. The molecular weight excluding hydrogens is 417 g/mol. The van der Waals surface area contributed by atoms with Crippen LogP contribution >= 0.6 is 36.2 Å². The second-order valence-electron chi connectivity index (χ2n) is 6.92. The number of nitrogens with one attached hydrogen (secondary N) is 1. The highest BCUT2D eigenvalue weighted by molar-refractivity contribution is 7.13. The number of rotatable bonds is 2. The number of pyridine rings is 1. The number of thiophene rings is 1. The van der Waals surface area contributed by atoms with Crippen molar-refractivity contribution in [3.05, 3.63) is 34.8 Å². The molecule has 0 bridgehead atoms. The SMILES string of the molecule is Cc1nn(C)c2nc(-c3cccs3)cc(C(=O)N3CCNC(C)C3C)c12.Cl.Cl. The van der Waals surface area contributed by atoms with Gasteiger partial charge in [-0.3, -0.25) is 9.48 Å². The zero-order chi connectivity index (χ0) is 18.4. The fourth-order valence-electron chi connectivity index (χ4n) is 3.66. The molecule has 0 aliphatic carbocycles. The van der Waals surface area contributed by atoms with E-state index in [1.54, 1.807) is 16.0 Å². The summed E-state index contributed by atoms with van der Waals surface area (Å²) in [5.41, 5.74) is 3.12. The minimum atomic E-state index is 0. The maximum Gasteiger partial charge on any atom is 0.255 e. The van der Waals surface area contributed by atoms with Crippen LogP contribution in [0.3, 0.4) is 0 Å². The summed E-state index contributed by atoms with van der Waals surface area (Å²) in [5, 5.41) is 10.8. The molecule has 3 aromatic rings. The summed E-state index contributed by atoms with van der Waals surface area (Å²) in [6, 6.07) is 6.39. The minimum Gasteiger partial charge on any atom is -0.333 e. The quantitative estimate of drug-likeness (QED) is 0.658. The van der Waals surface area contributed by atoms with E-state index in [0.29, 0.717) is 12.1 Å². The molecule has 4 rings (SSSR count). The van der Waals surface area contributed by atoms with Crippen LogP contribution in [0.5, 0.6) is 0 Å². The lowest BCUT2D eigenvalue weighted by atomic mass is 10.0. The van der Waals surface area contributed by atoms with E-state index in [2.05, 4.69) is 24.3 Å². The van der Waals surface area contributed by atoms with Crippen LogP contribution in [-0.2, 0) is 7.05 Å². The summed E-state index contributed by atoms with van der Waals surface area (Å²) in [6.45, 7) is 7.69. The zero-order valence-electron chi connectivity index (χ0n) is 16.3. The van der Waals surface area contributed by atoms with Crippen molar-refractivity contribution in [1.82, 2.24) is 25.0 Å². The average molecular weight is 442 g/mol. The molecule has 1 saturated heterocycles. The van der Waals surface area contributed by atoms with E-state index >= 15 is 0 Å². The first-order valence-corrected chi connectivity index (χ1v) is 9.78. The molecule has 6 nitrogen and oxygen atoms in total. The van der Waals surface area contributed by atoms with Crippen molar-refractivity contribution in [2.45, 2.75) is 32.9 Å². The van der Waals surface area contributed by atoms with Crippen LogP contribution in [0.1, 0.15) is 29.9 Å². The Balaban J connectivity index is 0.00000140. The van der Waals surface area contributed by atoms with Crippen LogP contribution in [0.2, 0.25) is 0 Å². The molecule has 4 heterocycles. The Labute approximate surface area is 181 Å². The third-order valence-electron chi connectivity index (χ3n) is 5.27. The Morgan fingerprint density at radius 1 is 1.32 bits per heavy atom. The molecule has 2 atom stereocenters. The minimum absolute atomic E-state index is 0. The molecule has 1 amide bonds. The molecular formula is C19H25Cl2N5OS. The standard InChI is InChI=1S/C19H23N5OS.2ClH/c1-11-13(3)24(8-7-20-11)19(25)14-10-15(16-6-5-9-26-16)21-18-17(14)12(2)22-23(18)4;;/h5-6,9-11,13,20H,7-8H2,1-4H3;2*1H. The summed E-state index contributed by atoms with van der Waals surface area (Å²) in [6.07, 6.45) is 0. The number of hydrogen-bond donors (Lipinski definition) is 1. The zero-order valence-corrected chi connectivity index (χ0v) is 18.7. The second kappa shape index (κ2) is 8.78. The number of hydrogen-bond acceptors (Lipinski definition) is 5. The Morgan fingerprint density at radius 2 is 2.07 bits per heavy atom. The molecule has 0 radical (unpaired) electrons. The maximum atomic E-state index is 13.5. The number of amides is 1. The third-order valence-corrected chi connectivity index (χ3v) is 6.16. The highest BCUT2D eigenvalue weighted by Gasteiger charge is 2.31.